The maximum Gasteiger partial charge on any atom is 0.239 e. The second-order valence-corrected chi connectivity index (χ2v) is 5.40. The first kappa shape index (κ1) is 15.0. The third-order valence-electron chi connectivity index (χ3n) is 4.36. The van der Waals surface area contributed by atoms with Gasteiger partial charge in [0, 0.05) is 19.0 Å². The van der Waals surface area contributed by atoms with Gasteiger partial charge < -0.3 is 9.32 Å². The first-order chi connectivity index (χ1) is 9.67. The molecule has 0 bridgehead atoms. The third-order valence-corrected chi connectivity index (χ3v) is 4.36. The molecule has 1 aromatic heterocycles. The molecule has 2 heterocycles. The van der Waals surface area contributed by atoms with Gasteiger partial charge in [0.05, 0.1) is 12.2 Å². The molecule has 1 aliphatic rings. The van der Waals surface area contributed by atoms with E-state index in [-0.39, 0.29) is 11.9 Å². The number of amides is 1. The van der Waals surface area contributed by atoms with Gasteiger partial charge in [-0.15, -0.1) is 0 Å². The van der Waals surface area contributed by atoms with Crippen molar-refractivity contribution in [2.24, 2.45) is 0 Å². The van der Waals surface area contributed by atoms with E-state index in [0.29, 0.717) is 5.92 Å². The average molecular weight is 279 g/mol. The fraction of sp³-hybridized carbons (Fsp3) is 0.733. The number of hydrogen-bond donors (Lipinski definition) is 0. The lowest BCUT2D eigenvalue weighted by Gasteiger charge is -2.36. The lowest BCUT2D eigenvalue weighted by atomic mass is 9.94. The Labute approximate surface area is 121 Å². The minimum Gasteiger partial charge on any atom is -0.448 e. The van der Waals surface area contributed by atoms with E-state index in [0.717, 1.165) is 44.8 Å². The smallest absolute Gasteiger partial charge is 0.239 e. The van der Waals surface area contributed by atoms with Crippen molar-refractivity contribution in [3.05, 3.63) is 18.4 Å². The Bertz CT molecular complexity index is 407. The number of likely N-dealkylation sites (tertiary alicyclic amines) is 1. The molecule has 5 nitrogen and oxygen atoms in total. The number of nitrogens with zero attached hydrogens (tertiary/aromatic N) is 3. The molecule has 0 radical (unpaired) electrons. The van der Waals surface area contributed by atoms with E-state index in [4.69, 9.17) is 4.42 Å². The van der Waals surface area contributed by atoms with Crippen molar-refractivity contribution in [3.63, 3.8) is 0 Å². The number of carbonyl (C=O) groups is 1. The molecule has 20 heavy (non-hydrogen) atoms. The average Bonchev–Trinajstić information content (AvgIpc) is 3.02. The molecule has 1 atom stereocenters. The zero-order chi connectivity index (χ0) is 14.5. The van der Waals surface area contributed by atoms with Crippen molar-refractivity contribution in [3.8, 4) is 0 Å². The summed E-state index contributed by atoms with van der Waals surface area (Å²) in [5.41, 5.74) is 0. The highest BCUT2D eigenvalue weighted by molar-refractivity contribution is 5.81. The van der Waals surface area contributed by atoms with E-state index in [1.807, 2.05) is 31.9 Å². The van der Waals surface area contributed by atoms with Gasteiger partial charge >= 0.3 is 0 Å². The molecular formula is C15H25N3O2. The highest BCUT2D eigenvalue weighted by Gasteiger charge is 2.29. The molecule has 0 spiro atoms. The van der Waals surface area contributed by atoms with Gasteiger partial charge in [-0.25, -0.2) is 4.98 Å². The van der Waals surface area contributed by atoms with Gasteiger partial charge in [0.25, 0.3) is 0 Å². The maximum absolute atomic E-state index is 12.4. The topological polar surface area (TPSA) is 49.6 Å². The Morgan fingerprint density at radius 2 is 2.10 bits per heavy atom. The Morgan fingerprint density at radius 1 is 1.45 bits per heavy atom. The van der Waals surface area contributed by atoms with Crippen LogP contribution in [0.2, 0.25) is 0 Å². The predicted octanol–water partition coefficient (Wildman–Crippen LogP) is 2.11. The second kappa shape index (κ2) is 6.88. The Morgan fingerprint density at radius 3 is 2.60 bits per heavy atom. The molecule has 1 aromatic rings. The van der Waals surface area contributed by atoms with E-state index >= 15 is 0 Å². The summed E-state index contributed by atoms with van der Waals surface area (Å²) in [7, 11) is 0. The zero-order valence-corrected chi connectivity index (χ0v) is 12.7. The summed E-state index contributed by atoms with van der Waals surface area (Å²) in [6, 6.07) is -0.0226. The predicted molar refractivity (Wildman–Crippen MR) is 77.4 cm³/mol. The van der Waals surface area contributed by atoms with Crippen molar-refractivity contribution in [1.29, 1.82) is 0 Å². The van der Waals surface area contributed by atoms with Crippen LogP contribution in [0.25, 0.3) is 0 Å². The second-order valence-electron chi connectivity index (χ2n) is 5.40. The van der Waals surface area contributed by atoms with Crippen LogP contribution in [0.1, 0.15) is 45.3 Å². The summed E-state index contributed by atoms with van der Waals surface area (Å²) in [6.45, 7) is 9.55. The molecule has 1 saturated heterocycles. The summed E-state index contributed by atoms with van der Waals surface area (Å²) in [5, 5.41) is 0. The van der Waals surface area contributed by atoms with Gasteiger partial charge in [-0.1, -0.05) is 0 Å². The molecular weight excluding hydrogens is 254 g/mol. The Kier molecular flexibility index (Phi) is 5.17. The van der Waals surface area contributed by atoms with Crippen LogP contribution in [0.3, 0.4) is 0 Å². The largest absolute Gasteiger partial charge is 0.448 e. The van der Waals surface area contributed by atoms with E-state index in [2.05, 4.69) is 9.88 Å². The summed E-state index contributed by atoms with van der Waals surface area (Å²) < 4.78 is 5.38. The zero-order valence-electron chi connectivity index (χ0n) is 12.7. The monoisotopic (exact) mass is 279 g/mol. The van der Waals surface area contributed by atoms with Crippen LogP contribution in [0, 0.1) is 0 Å². The number of rotatable bonds is 5. The van der Waals surface area contributed by atoms with Crippen LogP contribution < -0.4 is 0 Å². The SMILES string of the molecule is CCN(CC)C(=O)C(C)N1CCC(c2cnco2)CC1. The van der Waals surface area contributed by atoms with Gasteiger partial charge in [-0.05, 0) is 46.7 Å². The molecule has 0 N–H and O–H groups in total. The number of hydrogen-bond acceptors (Lipinski definition) is 4. The fourth-order valence-electron chi connectivity index (χ4n) is 2.95. The summed E-state index contributed by atoms with van der Waals surface area (Å²) in [4.78, 5) is 20.5. The Balaban J connectivity index is 1.88. The van der Waals surface area contributed by atoms with Crippen molar-refractivity contribution < 1.29 is 9.21 Å². The van der Waals surface area contributed by atoms with E-state index in [1.165, 1.54) is 6.39 Å². The van der Waals surface area contributed by atoms with Crippen LogP contribution >= 0.6 is 0 Å². The number of carbonyl (C=O) groups excluding carboxylic acids is 1. The summed E-state index contributed by atoms with van der Waals surface area (Å²) in [5.74, 6) is 1.67. The summed E-state index contributed by atoms with van der Waals surface area (Å²) >= 11 is 0. The highest BCUT2D eigenvalue weighted by Crippen LogP contribution is 2.28. The van der Waals surface area contributed by atoms with Crippen LogP contribution in [0.15, 0.2) is 17.0 Å². The first-order valence-corrected chi connectivity index (χ1v) is 7.58. The maximum atomic E-state index is 12.4. The normalized spacial score (nSPS) is 18.9. The van der Waals surface area contributed by atoms with Gasteiger partial charge in [0.2, 0.25) is 5.91 Å². The van der Waals surface area contributed by atoms with Crippen LogP contribution in [0.4, 0.5) is 0 Å². The number of piperidine rings is 1. The van der Waals surface area contributed by atoms with Crippen molar-refractivity contribution in [1.82, 2.24) is 14.8 Å². The quantitative estimate of drug-likeness (QED) is 0.828. The van der Waals surface area contributed by atoms with Crippen molar-refractivity contribution in [2.45, 2.75) is 45.6 Å². The molecule has 0 aromatic carbocycles. The van der Waals surface area contributed by atoms with Crippen LogP contribution in [-0.4, -0.2) is 52.9 Å². The summed E-state index contributed by atoms with van der Waals surface area (Å²) in [6.07, 6.45) is 5.37. The molecule has 1 aliphatic heterocycles. The lowest BCUT2D eigenvalue weighted by molar-refractivity contribution is -0.136. The van der Waals surface area contributed by atoms with E-state index in [1.54, 1.807) is 0 Å². The molecule has 1 amide bonds. The molecule has 0 saturated carbocycles. The molecule has 0 aliphatic carbocycles. The molecule has 112 valence electrons. The molecule has 1 unspecified atom stereocenters. The van der Waals surface area contributed by atoms with E-state index in [9.17, 15) is 4.79 Å². The number of oxazole rings is 1. The molecule has 2 rings (SSSR count). The minimum atomic E-state index is -0.0226. The van der Waals surface area contributed by atoms with Gasteiger partial charge in [0.15, 0.2) is 6.39 Å². The van der Waals surface area contributed by atoms with E-state index < -0.39 is 0 Å². The van der Waals surface area contributed by atoms with Gasteiger partial charge in [-0.2, -0.15) is 0 Å². The highest BCUT2D eigenvalue weighted by atomic mass is 16.3. The van der Waals surface area contributed by atoms with Crippen molar-refractivity contribution >= 4 is 5.91 Å². The first-order valence-electron chi connectivity index (χ1n) is 7.58. The standard InChI is InChI=1S/C15H25N3O2/c1-4-17(5-2)15(19)12(3)18-8-6-13(7-9-18)14-10-16-11-20-14/h10-13H,4-9H2,1-3H3. The lowest BCUT2D eigenvalue weighted by Crippen LogP contribution is -2.49. The molecule has 1 fully saturated rings. The number of likely N-dealkylation sites (N-methyl/N-ethyl adjacent to an activating group) is 1. The van der Waals surface area contributed by atoms with Gasteiger partial charge in [0.1, 0.15) is 5.76 Å². The van der Waals surface area contributed by atoms with Gasteiger partial charge in [-0.3, -0.25) is 9.69 Å². The van der Waals surface area contributed by atoms with Crippen molar-refractivity contribution in [2.75, 3.05) is 26.2 Å². The van der Waals surface area contributed by atoms with Crippen LogP contribution in [-0.2, 0) is 4.79 Å². The molecule has 5 heteroatoms. The minimum absolute atomic E-state index is 0.0226. The van der Waals surface area contributed by atoms with Crippen LogP contribution in [0.5, 0.6) is 0 Å². The number of aromatic nitrogens is 1. The third kappa shape index (κ3) is 3.20. The Hall–Kier alpha value is -1.36. The fourth-order valence-corrected chi connectivity index (χ4v) is 2.95.